The molecule has 0 aromatic rings. The second-order valence-electron chi connectivity index (χ2n) is 36.0. The number of carbonyl (C=O) groups is 4. The minimum absolute atomic E-state index is 0.0151. The zero-order valence-electron chi connectivity index (χ0n) is 77.9. The molecule has 0 spiro atoms. The van der Waals surface area contributed by atoms with E-state index in [9.17, 15) is 29.4 Å². The fraction of sp³-hybridized carbons (Fsp3) is 0.961. The molecule has 0 aliphatic rings. The minimum Gasteiger partial charge on any atom is -0.465 e. The number of ether oxygens (including phenoxy) is 4. The Morgan fingerprint density at radius 1 is 0.211 bits per heavy atom. The third-order valence-corrected chi connectivity index (χ3v) is 25.3. The highest BCUT2D eigenvalue weighted by atomic mass is 16.5. The molecule has 0 heterocycles. The Hall–Kier alpha value is -2.28. The normalized spacial score (nSPS) is 13.4. The molecule has 6 atom stereocenters. The minimum atomic E-state index is -0.107. The van der Waals surface area contributed by atoms with Gasteiger partial charge in [-0.1, -0.05) is 389 Å². The second-order valence-corrected chi connectivity index (χ2v) is 36.0. The quantitative estimate of drug-likeness (QED) is 0.0339. The van der Waals surface area contributed by atoms with E-state index in [0.717, 1.165) is 258 Å². The van der Waals surface area contributed by atoms with E-state index in [2.05, 4.69) is 65.2 Å². The Bertz CT molecular complexity index is 1970. The molecule has 0 fully saturated rings. The number of esters is 4. The lowest BCUT2D eigenvalue weighted by Crippen LogP contribution is -2.28. The first-order valence-corrected chi connectivity index (χ1v) is 51.4. The van der Waals surface area contributed by atoms with Gasteiger partial charge in [0, 0.05) is 13.2 Å². The van der Waals surface area contributed by atoms with Gasteiger partial charge in [-0.05, 0) is 180 Å². The predicted molar refractivity (Wildman–Crippen MR) is 490 cm³/mol. The van der Waals surface area contributed by atoms with Crippen LogP contribution in [0.3, 0.4) is 0 Å². The van der Waals surface area contributed by atoms with Gasteiger partial charge in [-0.25, -0.2) is 0 Å². The summed E-state index contributed by atoms with van der Waals surface area (Å²) in [6.07, 6.45) is 82.6. The third-order valence-electron chi connectivity index (χ3n) is 25.3. The molecule has 12 nitrogen and oxygen atoms in total. The van der Waals surface area contributed by atoms with Crippen LogP contribution in [0.15, 0.2) is 0 Å². The zero-order valence-corrected chi connectivity index (χ0v) is 77.9. The molecule has 0 radical (unpaired) electrons. The molecule has 0 aromatic heterocycles. The summed E-state index contributed by atoms with van der Waals surface area (Å²) in [6.45, 7) is 27.3. The highest BCUT2D eigenvalue weighted by molar-refractivity contribution is 5.73. The van der Waals surface area contributed by atoms with Crippen molar-refractivity contribution in [1.29, 1.82) is 0 Å². The van der Waals surface area contributed by atoms with Crippen LogP contribution >= 0.6 is 0 Å². The van der Waals surface area contributed by atoms with E-state index in [-0.39, 0.29) is 60.8 Å². The first-order valence-electron chi connectivity index (χ1n) is 51.4. The van der Waals surface area contributed by atoms with E-state index in [1.54, 1.807) is 0 Å². The average molecular weight is 1610 g/mol. The van der Waals surface area contributed by atoms with Crippen molar-refractivity contribution in [3.63, 3.8) is 0 Å². The van der Waals surface area contributed by atoms with Gasteiger partial charge in [0.05, 0.1) is 50.1 Å². The van der Waals surface area contributed by atoms with Gasteiger partial charge < -0.3 is 39.0 Å². The van der Waals surface area contributed by atoms with Gasteiger partial charge in [0.1, 0.15) is 0 Å². The molecule has 0 saturated heterocycles. The van der Waals surface area contributed by atoms with Gasteiger partial charge in [0.25, 0.3) is 0 Å². The molecule has 114 heavy (non-hydrogen) atoms. The summed E-state index contributed by atoms with van der Waals surface area (Å²) in [5.74, 6) is 0.809. The summed E-state index contributed by atoms with van der Waals surface area (Å²) in [5.41, 5.74) is 0. The zero-order chi connectivity index (χ0) is 83.2. The lowest BCUT2D eigenvalue weighted by molar-refractivity contribution is -0.151. The molecule has 0 amide bonds. The number of unbranched alkanes of at least 4 members (excludes halogenated alkanes) is 49. The standard InChI is InChI=1S/C102H200N2O10/c1-9-17-24-30-33-37-44-58-75-95(74-57-43-32-26-19-11-3)100(108)112-88-70-52-48-62-81-104(84-65-67-86-106)82-63-49-53-71-90-114-102(110)98(78-59-45-38-34-31-25-18-10-2)92-96(76-55-28-21-13-5)93(16-8)91-97(77-56-29-22-14-6)101(109)113-89-69-51-42-36-40-47-61-80-103(83-64-66-85-105)79-60-46-39-35-41-50-68-87-111-99(107)94(72-23-15-7)73-54-27-20-12-4/h93-98,105-106H,9-92H2,1-8H3. The fourth-order valence-corrected chi connectivity index (χ4v) is 17.5. The molecular formula is C102H200N2O10. The van der Waals surface area contributed by atoms with Crippen LogP contribution in [0.5, 0.6) is 0 Å². The summed E-state index contributed by atoms with van der Waals surface area (Å²) >= 11 is 0. The van der Waals surface area contributed by atoms with Crippen molar-refractivity contribution in [2.24, 2.45) is 35.5 Å². The largest absolute Gasteiger partial charge is 0.465 e. The van der Waals surface area contributed by atoms with E-state index < -0.39 is 0 Å². The average Bonchev–Trinajstić information content (AvgIpc) is 0.863. The number of hydrogen-bond donors (Lipinski definition) is 2. The van der Waals surface area contributed by atoms with E-state index in [0.29, 0.717) is 38.3 Å². The number of aliphatic hydroxyl groups excluding tert-OH is 2. The van der Waals surface area contributed by atoms with Crippen molar-refractivity contribution >= 4 is 23.9 Å². The van der Waals surface area contributed by atoms with Crippen LogP contribution in [-0.2, 0) is 38.1 Å². The Morgan fingerprint density at radius 3 is 0.667 bits per heavy atom. The smallest absolute Gasteiger partial charge is 0.308 e. The third kappa shape index (κ3) is 72.5. The number of carbonyl (C=O) groups excluding carboxylic acids is 4. The highest BCUT2D eigenvalue weighted by Crippen LogP contribution is 2.37. The van der Waals surface area contributed by atoms with Crippen LogP contribution in [0.2, 0.25) is 0 Å². The highest BCUT2D eigenvalue weighted by Gasteiger charge is 2.33. The Balaban J connectivity index is 5.49. The predicted octanol–water partition coefficient (Wildman–Crippen LogP) is 29.7. The van der Waals surface area contributed by atoms with Crippen molar-refractivity contribution in [2.75, 3.05) is 78.9 Å². The maximum atomic E-state index is 14.5. The molecule has 6 unspecified atom stereocenters. The van der Waals surface area contributed by atoms with Gasteiger partial charge >= 0.3 is 23.9 Å². The first kappa shape index (κ1) is 112. The number of aliphatic hydroxyl groups is 2. The van der Waals surface area contributed by atoms with Gasteiger partial charge in [0.15, 0.2) is 0 Å². The van der Waals surface area contributed by atoms with E-state index in [4.69, 9.17) is 18.9 Å². The van der Waals surface area contributed by atoms with E-state index in [1.165, 1.54) is 244 Å². The number of rotatable bonds is 95. The van der Waals surface area contributed by atoms with Crippen LogP contribution in [0.25, 0.3) is 0 Å². The molecule has 0 aromatic carbocycles. The molecule has 0 aliphatic carbocycles. The maximum Gasteiger partial charge on any atom is 0.308 e. The lowest BCUT2D eigenvalue weighted by atomic mass is 9.74. The Kier molecular flexibility index (Phi) is 88.2. The molecular weight excluding hydrogens is 1410 g/mol. The van der Waals surface area contributed by atoms with Gasteiger partial charge in [-0.2, -0.15) is 0 Å². The number of nitrogens with zero attached hydrogens (tertiary/aromatic N) is 2. The summed E-state index contributed by atoms with van der Waals surface area (Å²) in [4.78, 5) is 60.4. The summed E-state index contributed by atoms with van der Waals surface area (Å²) in [7, 11) is 0. The van der Waals surface area contributed by atoms with Gasteiger partial charge in [-0.15, -0.1) is 0 Å². The molecule has 0 rings (SSSR count). The fourth-order valence-electron chi connectivity index (χ4n) is 17.5. The van der Waals surface area contributed by atoms with Crippen molar-refractivity contribution in [1.82, 2.24) is 9.80 Å². The van der Waals surface area contributed by atoms with Gasteiger partial charge in [0.2, 0.25) is 0 Å². The summed E-state index contributed by atoms with van der Waals surface area (Å²) in [6, 6.07) is 0. The lowest BCUT2D eigenvalue weighted by Gasteiger charge is -2.32. The van der Waals surface area contributed by atoms with Crippen LogP contribution in [0, 0.1) is 35.5 Å². The summed E-state index contributed by atoms with van der Waals surface area (Å²) < 4.78 is 24.4. The molecule has 0 saturated carbocycles. The second kappa shape index (κ2) is 90.0. The number of hydrogen-bond acceptors (Lipinski definition) is 12. The SMILES string of the molecule is CCCCCCCCCCC(CCCCCCCC)C(=O)OCCCCCCN(CCCCO)CCCCCCOC(=O)C(CCCCCCCCCC)CC(CCCCCC)C(CC)CC(CCCCCC)C(=O)OCCCCCCCCCN(CCCCO)CCCCCCCCCOC(=O)C(CCCC)CCCCCC. The molecule has 0 bridgehead atoms. The van der Waals surface area contributed by atoms with E-state index in [1.807, 2.05) is 0 Å². The topological polar surface area (TPSA) is 152 Å². The van der Waals surface area contributed by atoms with Crippen molar-refractivity contribution in [2.45, 2.75) is 518 Å². The van der Waals surface area contributed by atoms with E-state index >= 15 is 0 Å². The molecule has 12 heteroatoms. The molecule has 678 valence electrons. The molecule has 2 N–H and O–H groups in total. The van der Waals surface area contributed by atoms with Crippen molar-refractivity contribution < 1.29 is 48.3 Å². The maximum absolute atomic E-state index is 14.5. The van der Waals surface area contributed by atoms with Crippen LogP contribution in [-0.4, -0.2) is 123 Å². The first-order chi connectivity index (χ1) is 56.0. The van der Waals surface area contributed by atoms with Gasteiger partial charge in [-0.3, -0.25) is 19.2 Å². The van der Waals surface area contributed by atoms with Crippen LogP contribution < -0.4 is 0 Å². The Morgan fingerprint density at radius 2 is 0.404 bits per heavy atom. The molecule has 0 aliphatic heterocycles. The Labute approximate surface area is 710 Å². The van der Waals surface area contributed by atoms with Crippen molar-refractivity contribution in [3.8, 4) is 0 Å². The summed E-state index contributed by atoms with van der Waals surface area (Å²) in [5, 5.41) is 19.2. The van der Waals surface area contributed by atoms with Crippen LogP contribution in [0.4, 0.5) is 0 Å². The monoisotopic (exact) mass is 1610 g/mol. The van der Waals surface area contributed by atoms with Crippen LogP contribution in [0.1, 0.15) is 518 Å². The van der Waals surface area contributed by atoms with Crippen molar-refractivity contribution in [3.05, 3.63) is 0 Å².